The molecule has 3 aromatic rings. The van der Waals surface area contributed by atoms with Crippen molar-refractivity contribution in [1.29, 1.82) is 0 Å². The summed E-state index contributed by atoms with van der Waals surface area (Å²) in [5.41, 5.74) is 0.617. The first-order chi connectivity index (χ1) is 11.1. The number of methoxy groups -OCH3 is 1. The molecule has 0 unspecified atom stereocenters. The molecule has 0 aliphatic heterocycles. The van der Waals surface area contributed by atoms with Gasteiger partial charge in [0, 0.05) is 30.8 Å². The molecule has 1 aromatic carbocycles. The second-order valence-electron chi connectivity index (χ2n) is 4.92. The summed E-state index contributed by atoms with van der Waals surface area (Å²) in [7, 11) is 3.15. The molecule has 0 fully saturated rings. The van der Waals surface area contributed by atoms with Crippen molar-refractivity contribution in [2.45, 2.75) is 0 Å². The summed E-state index contributed by atoms with van der Waals surface area (Å²) in [4.78, 5) is 30.0. The molecule has 0 saturated carbocycles. The topological polar surface area (TPSA) is 72.6 Å². The van der Waals surface area contributed by atoms with Crippen molar-refractivity contribution < 1.29 is 13.9 Å². The van der Waals surface area contributed by atoms with Crippen molar-refractivity contribution in [3.8, 4) is 5.75 Å². The molecule has 6 nitrogen and oxygen atoms in total. The van der Waals surface area contributed by atoms with E-state index in [0.717, 1.165) is 0 Å². The van der Waals surface area contributed by atoms with Gasteiger partial charge in [-0.25, -0.2) is 4.79 Å². The largest absolute Gasteiger partial charge is 0.497 e. The van der Waals surface area contributed by atoms with Gasteiger partial charge in [0.15, 0.2) is 0 Å². The van der Waals surface area contributed by atoms with Crippen molar-refractivity contribution in [2.24, 2.45) is 0 Å². The molecule has 0 N–H and O–H groups in total. The molecule has 2 aromatic heterocycles. The normalized spacial score (nSPS) is 10.5. The molecule has 0 saturated heterocycles. The molecular formula is C17H14N2O4. The van der Waals surface area contributed by atoms with E-state index in [1.165, 1.54) is 18.1 Å². The van der Waals surface area contributed by atoms with Gasteiger partial charge in [-0.05, 0) is 24.3 Å². The van der Waals surface area contributed by atoms with E-state index in [2.05, 4.69) is 4.98 Å². The van der Waals surface area contributed by atoms with E-state index in [4.69, 9.17) is 9.15 Å². The zero-order valence-electron chi connectivity index (χ0n) is 12.6. The Morgan fingerprint density at radius 1 is 1.26 bits per heavy atom. The zero-order chi connectivity index (χ0) is 16.4. The Balaban J connectivity index is 2.12. The number of ether oxygens (including phenoxy) is 1. The molecular weight excluding hydrogens is 296 g/mol. The Labute approximate surface area is 131 Å². The molecule has 23 heavy (non-hydrogen) atoms. The van der Waals surface area contributed by atoms with Gasteiger partial charge in [-0.2, -0.15) is 0 Å². The van der Waals surface area contributed by atoms with Gasteiger partial charge in [0.25, 0.3) is 5.91 Å². The number of carbonyl (C=O) groups excluding carboxylic acids is 1. The molecule has 0 bridgehead atoms. The van der Waals surface area contributed by atoms with Crippen LogP contribution in [0.5, 0.6) is 5.75 Å². The Hall–Kier alpha value is -3.15. The van der Waals surface area contributed by atoms with E-state index in [1.54, 1.807) is 49.8 Å². The van der Waals surface area contributed by atoms with Crippen LogP contribution in [-0.4, -0.2) is 25.0 Å². The highest BCUT2D eigenvalue weighted by Gasteiger charge is 2.18. The third-order valence-electron chi connectivity index (χ3n) is 3.52. The number of nitrogens with zero attached hydrogens (tertiary/aromatic N) is 2. The lowest BCUT2D eigenvalue weighted by Gasteiger charge is -2.17. The molecule has 116 valence electrons. The van der Waals surface area contributed by atoms with Gasteiger partial charge < -0.3 is 14.1 Å². The number of rotatable bonds is 3. The molecule has 6 heteroatoms. The molecule has 0 atom stereocenters. The van der Waals surface area contributed by atoms with Gasteiger partial charge in [0.1, 0.15) is 11.3 Å². The Morgan fingerprint density at radius 3 is 2.78 bits per heavy atom. The van der Waals surface area contributed by atoms with Crippen LogP contribution in [0, 0.1) is 0 Å². The fraction of sp³-hybridized carbons (Fsp3) is 0.118. The average molecular weight is 310 g/mol. The van der Waals surface area contributed by atoms with Gasteiger partial charge in [-0.1, -0.05) is 0 Å². The highest BCUT2D eigenvalue weighted by Crippen LogP contribution is 2.24. The first-order valence-electron chi connectivity index (χ1n) is 6.90. The molecule has 0 radical (unpaired) electrons. The van der Waals surface area contributed by atoms with Crippen molar-refractivity contribution >= 4 is 22.6 Å². The minimum atomic E-state index is -0.589. The number of aromatic nitrogens is 1. The van der Waals surface area contributed by atoms with Gasteiger partial charge in [0.2, 0.25) is 0 Å². The minimum absolute atomic E-state index is 0.269. The molecule has 2 heterocycles. The van der Waals surface area contributed by atoms with Crippen LogP contribution < -0.4 is 15.3 Å². The molecule has 0 aliphatic carbocycles. The SMILES string of the molecule is COc1ccc2c(C(=O)N(C)c3cccnc3)cc(=O)oc2c1. The van der Waals surface area contributed by atoms with E-state index < -0.39 is 5.63 Å². The molecule has 3 rings (SSSR count). The zero-order valence-corrected chi connectivity index (χ0v) is 12.6. The second kappa shape index (κ2) is 5.92. The molecule has 1 amide bonds. The van der Waals surface area contributed by atoms with Crippen LogP contribution in [0.25, 0.3) is 11.0 Å². The number of pyridine rings is 1. The number of hydrogen-bond acceptors (Lipinski definition) is 5. The maximum Gasteiger partial charge on any atom is 0.337 e. The number of carbonyl (C=O) groups is 1. The second-order valence-corrected chi connectivity index (χ2v) is 4.92. The highest BCUT2D eigenvalue weighted by molar-refractivity contribution is 6.13. The van der Waals surface area contributed by atoms with E-state index in [0.29, 0.717) is 22.4 Å². The smallest absolute Gasteiger partial charge is 0.337 e. The molecule has 0 spiro atoms. The summed E-state index contributed by atoms with van der Waals surface area (Å²) < 4.78 is 10.3. The van der Waals surface area contributed by atoms with E-state index in [1.807, 2.05) is 0 Å². The van der Waals surface area contributed by atoms with Gasteiger partial charge in [-0.15, -0.1) is 0 Å². The van der Waals surface area contributed by atoms with Gasteiger partial charge >= 0.3 is 5.63 Å². The van der Waals surface area contributed by atoms with Crippen LogP contribution in [-0.2, 0) is 0 Å². The third kappa shape index (κ3) is 2.78. The number of anilines is 1. The van der Waals surface area contributed by atoms with Crippen LogP contribution >= 0.6 is 0 Å². The van der Waals surface area contributed by atoms with Gasteiger partial charge in [-0.3, -0.25) is 9.78 Å². The maximum atomic E-state index is 12.8. The fourth-order valence-electron chi connectivity index (χ4n) is 2.30. The van der Waals surface area contributed by atoms with Crippen molar-refractivity contribution in [3.05, 3.63) is 64.8 Å². The first-order valence-corrected chi connectivity index (χ1v) is 6.90. The number of benzene rings is 1. The molecule has 0 aliphatic rings. The summed E-state index contributed by atoms with van der Waals surface area (Å²) in [6.07, 6.45) is 3.20. The van der Waals surface area contributed by atoms with Gasteiger partial charge in [0.05, 0.1) is 24.6 Å². The minimum Gasteiger partial charge on any atom is -0.497 e. The van der Waals surface area contributed by atoms with Crippen molar-refractivity contribution in [2.75, 3.05) is 19.1 Å². The summed E-state index contributed by atoms with van der Waals surface area (Å²) in [5.74, 6) is 0.229. The Kier molecular flexibility index (Phi) is 3.80. The first kappa shape index (κ1) is 14.8. The van der Waals surface area contributed by atoms with Crippen molar-refractivity contribution in [3.63, 3.8) is 0 Å². The predicted molar refractivity (Wildman–Crippen MR) is 86.0 cm³/mol. The number of fused-ring (bicyclic) bond motifs is 1. The Morgan fingerprint density at radius 2 is 2.09 bits per heavy atom. The van der Waals surface area contributed by atoms with E-state index in [9.17, 15) is 9.59 Å². The highest BCUT2D eigenvalue weighted by atomic mass is 16.5. The summed E-state index contributed by atoms with van der Waals surface area (Å²) in [6.45, 7) is 0. The maximum absolute atomic E-state index is 12.8. The Bertz CT molecular complexity index is 919. The number of amides is 1. The monoisotopic (exact) mass is 310 g/mol. The summed E-state index contributed by atoms with van der Waals surface area (Å²) in [6, 6.07) is 9.69. The van der Waals surface area contributed by atoms with Crippen LogP contribution in [0.15, 0.2) is 58.0 Å². The number of hydrogen-bond donors (Lipinski definition) is 0. The predicted octanol–water partition coefficient (Wildman–Crippen LogP) is 2.47. The lowest BCUT2D eigenvalue weighted by Crippen LogP contribution is -2.27. The summed E-state index contributed by atoms with van der Waals surface area (Å²) in [5, 5.41) is 0.547. The van der Waals surface area contributed by atoms with E-state index >= 15 is 0 Å². The third-order valence-corrected chi connectivity index (χ3v) is 3.52. The van der Waals surface area contributed by atoms with Crippen LogP contribution in [0.2, 0.25) is 0 Å². The van der Waals surface area contributed by atoms with Crippen LogP contribution in [0.4, 0.5) is 5.69 Å². The van der Waals surface area contributed by atoms with E-state index in [-0.39, 0.29) is 11.5 Å². The standard InChI is InChI=1S/C17H14N2O4/c1-19(11-4-3-7-18-10-11)17(21)14-9-16(20)23-15-8-12(22-2)5-6-13(14)15/h3-10H,1-2H3. The van der Waals surface area contributed by atoms with Crippen molar-refractivity contribution in [1.82, 2.24) is 4.98 Å². The lowest BCUT2D eigenvalue weighted by atomic mass is 10.1. The lowest BCUT2D eigenvalue weighted by molar-refractivity contribution is 0.0994. The quantitative estimate of drug-likeness (QED) is 0.695. The fourth-order valence-corrected chi connectivity index (χ4v) is 2.30. The van der Waals surface area contributed by atoms with Crippen LogP contribution in [0.1, 0.15) is 10.4 Å². The summed E-state index contributed by atoms with van der Waals surface area (Å²) >= 11 is 0. The van der Waals surface area contributed by atoms with Crippen LogP contribution in [0.3, 0.4) is 0 Å². The average Bonchev–Trinajstić information content (AvgIpc) is 2.59.